The number of amides is 2. The van der Waals surface area contributed by atoms with Gasteiger partial charge in [0.25, 0.3) is 10.1 Å². The highest BCUT2D eigenvalue weighted by atomic mass is 32.2. The number of nitrogens with two attached hydrogens (primary N) is 1. The number of carboxylic acids is 1. The molecule has 0 bridgehead atoms. The Morgan fingerprint density at radius 1 is 1.19 bits per heavy atom. The lowest BCUT2D eigenvalue weighted by molar-refractivity contribution is -0.138. The molecule has 1 atom stereocenters. The molecule has 0 saturated carbocycles. The molecule has 0 fully saturated rings. The zero-order chi connectivity index (χ0) is 19.7. The SMILES string of the molecule is N[C@@H](CCC(=O)N(CCS(=O)(=O)O)C(=O)OCc1ccccc1)C(=O)O. The van der Waals surface area contributed by atoms with Crippen LogP contribution in [0.15, 0.2) is 30.3 Å². The summed E-state index contributed by atoms with van der Waals surface area (Å²) in [7, 11) is -4.42. The maximum Gasteiger partial charge on any atom is 0.416 e. The van der Waals surface area contributed by atoms with Gasteiger partial charge in [0.1, 0.15) is 12.6 Å². The number of carbonyl (C=O) groups is 3. The quantitative estimate of drug-likeness (QED) is 0.502. The summed E-state index contributed by atoms with van der Waals surface area (Å²) in [5.41, 5.74) is 5.95. The molecule has 0 unspecified atom stereocenters. The van der Waals surface area contributed by atoms with Crippen molar-refractivity contribution in [3.8, 4) is 0 Å². The molecule has 11 heteroatoms. The van der Waals surface area contributed by atoms with Crippen LogP contribution >= 0.6 is 0 Å². The first kappa shape index (κ1) is 21.5. The van der Waals surface area contributed by atoms with Crippen molar-refractivity contribution < 1.29 is 37.2 Å². The highest BCUT2D eigenvalue weighted by molar-refractivity contribution is 7.85. The van der Waals surface area contributed by atoms with Crippen molar-refractivity contribution in [2.24, 2.45) is 5.73 Å². The normalized spacial score (nSPS) is 12.2. The van der Waals surface area contributed by atoms with E-state index in [1.165, 1.54) is 0 Å². The molecule has 0 aliphatic rings. The first-order valence-corrected chi connectivity index (χ1v) is 9.15. The molecule has 0 spiro atoms. The molecule has 0 aliphatic heterocycles. The van der Waals surface area contributed by atoms with Gasteiger partial charge < -0.3 is 15.6 Å². The summed E-state index contributed by atoms with van der Waals surface area (Å²) in [6.45, 7) is -0.780. The Labute approximate surface area is 150 Å². The van der Waals surface area contributed by atoms with Gasteiger partial charge in [-0.1, -0.05) is 30.3 Å². The molecular weight excluding hydrogens is 368 g/mol. The van der Waals surface area contributed by atoms with Crippen LogP contribution in [-0.4, -0.2) is 59.3 Å². The van der Waals surface area contributed by atoms with Crippen molar-refractivity contribution >= 4 is 28.1 Å². The van der Waals surface area contributed by atoms with E-state index >= 15 is 0 Å². The Hall–Kier alpha value is -2.50. The first-order valence-electron chi connectivity index (χ1n) is 7.54. The zero-order valence-electron chi connectivity index (χ0n) is 13.8. The van der Waals surface area contributed by atoms with Gasteiger partial charge in [-0.2, -0.15) is 8.42 Å². The summed E-state index contributed by atoms with van der Waals surface area (Å²) < 4.78 is 35.6. The van der Waals surface area contributed by atoms with E-state index in [1.54, 1.807) is 30.3 Å². The number of hydrogen-bond acceptors (Lipinski definition) is 7. The van der Waals surface area contributed by atoms with Gasteiger partial charge in [0.15, 0.2) is 0 Å². The predicted octanol–water partition coefficient (Wildman–Crippen LogP) is 0.232. The molecule has 10 nitrogen and oxygen atoms in total. The maximum atomic E-state index is 12.1. The molecule has 0 heterocycles. The van der Waals surface area contributed by atoms with Crippen molar-refractivity contribution in [1.82, 2.24) is 4.90 Å². The second-order valence-corrected chi connectivity index (χ2v) is 6.93. The number of carboxylic acid groups (broad SMARTS) is 1. The van der Waals surface area contributed by atoms with E-state index < -0.39 is 52.8 Å². The van der Waals surface area contributed by atoms with E-state index in [0.29, 0.717) is 10.5 Å². The number of benzene rings is 1. The van der Waals surface area contributed by atoms with Gasteiger partial charge in [0.05, 0.1) is 5.75 Å². The van der Waals surface area contributed by atoms with Crippen LogP contribution in [0.1, 0.15) is 18.4 Å². The summed E-state index contributed by atoms with van der Waals surface area (Å²) in [6.07, 6.45) is -1.76. The van der Waals surface area contributed by atoms with Gasteiger partial charge in [0.2, 0.25) is 5.91 Å². The van der Waals surface area contributed by atoms with Crippen LogP contribution in [0.2, 0.25) is 0 Å². The zero-order valence-corrected chi connectivity index (χ0v) is 14.6. The number of nitrogens with zero attached hydrogens (tertiary/aromatic N) is 1. The van der Waals surface area contributed by atoms with E-state index in [1.807, 2.05) is 0 Å². The fourth-order valence-corrected chi connectivity index (χ4v) is 2.27. The van der Waals surface area contributed by atoms with Crippen molar-refractivity contribution in [2.75, 3.05) is 12.3 Å². The Balaban J connectivity index is 2.73. The van der Waals surface area contributed by atoms with E-state index in [0.717, 1.165) is 0 Å². The van der Waals surface area contributed by atoms with E-state index in [-0.39, 0.29) is 13.0 Å². The number of carbonyl (C=O) groups excluding carboxylic acids is 2. The lowest BCUT2D eigenvalue weighted by Gasteiger charge is -2.20. The van der Waals surface area contributed by atoms with Crippen LogP contribution in [0.3, 0.4) is 0 Å². The average molecular weight is 388 g/mol. The minimum Gasteiger partial charge on any atom is -0.480 e. The molecule has 0 aromatic heterocycles. The number of hydrogen-bond donors (Lipinski definition) is 3. The molecule has 0 aliphatic carbocycles. The molecule has 26 heavy (non-hydrogen) atoms. The van der Waals surface area contributed by atoms with Crippen LogP contribution in [0.25, 0.3) is 0 Å². The molecule has 144 valence electrons. The first-order chi connectivity index (χ1) is 12.1. The topological polar surface area (TPSA) is 164 Å². The van der Waals surface area contributed by atoms with E-state index in [2.05, 4.69) is 0 Å². The Morgan fingerprint density at radius 2 is 1.81 bits per heavy atom. The van der Waals surface area contributed by atoms with Crippen LogP contribution in [0.4, 0.5) is 4.79 Å². The van der Waals surface area contributed by atoms with Crippen LogP contribution in [0.5, 0.6) is 0 Å². The van der Waals surface area contributed by atoms with Crippen molar-refractivity contribution in [1.29, 1.82) is 0 Å². The predicted molar refractivity (Wildman–Crippen MR) is 89.6 cm³/mol. The summed E-state index contributed by atoms with van der Waals surface area (Å²) in [5.74, 6) is -3.04. The third kappa shape index (κ3) is 8.05. The van der Waals surface area contributed by atoms with Gasteiger partial charge in [-0.3, -0.25) is 14.1 Å². The summed E-state index contributed by atoms with van der Waals surface area (Å²) in [5, 5.41) is 8.71. The summed E-state index contributed by atoms with van der Waals surface area (Å²) >= 11 is 0. The van der Waals surface area contributed by atoms with Crippen LogP contribution in [-0.2, 0) is 31.1 Å². The fourth-order valence-electron chi connectivity index (χ4n) is 1.86. The van der Waals surface area contributed by atoms with Gasteiger partial charge >= 0.3 is 12.1 Å². The molecule has 0 radical (unpaired) electrons. The Morgan fingerprint density at radius 3 is 2.35 bits per heavy atom. The smallest absolute Gasteiger partial charge is 0.416 e. The molecule has 4 N–H and O–H groups in total. The lowest BCUT2D eigenvalue weighted by Crippen LogP contribution is -2.41. The number of rotatable bonds is 9. The minimum atomic E-state index is -4.42. The second-order valence-electron chi connectivity index (χ2n) is 5.36. The fraction of sp³-hybridized carbons (Fsp3) is 0.400. The van der Waals surface area contributed by atoms with Crippen LogP contribution in [0, 0.1) is 0 Å². The highest BCUT2D eigenvalue weighted by Gasteiger charge is 2.26. The third-order valence-electron chi connectivity index (χ3n) is 3.29. The van der Waals surface area contributed by atoms with E-state index in [4.69, 9.17) is 20.1 Å². The Bertz CT molecular complexity index is 735. The Kier molecular flexibility index (Phi) is 8.16. The summed E-state index contributed by atoms with van der Waals surface area (Å²) in [4.78, 5) is 35.4. The molecule has 0 saturated heterocycles. The van der Waals surface area contributed by atoms with Crippen molar-refractivity contribution in [3.05, 3.63) is 35.9 Å². The molecule has 2 amide bonds. The number of ether oxygens (including phenoxy) is 1. The van der Waals surface area contributed by atoms with Crippen LogP contribution < -0.4 is 5.73 Å². The van der Waals surface area contributed by atoms with Crippen molar-refractivity contribution in [2.45, 2.75) is 25.5 Å². The van der Waals surface area contributed by atoms with Gasteiger partial charge in [-0.25, -0.2) is 9.69 Å². The van der Waals surface area contributed by atoms with E-state index in [9.17, 15) is 22.8 Å². The summed E-state index contributed by atoms with van der Waals surface area (Å²) in [6, 6.07) is 7.27. The van der Waals surface area contributed by atoms with Crippen molar-refractivity contribution in [3.63, 3.8) is 0 Å². The second kappa shape index (κ2) is 9.85. The number of imide groups is 1. The molecule has 1 aromatic carbocycles. The van der Waals surface area contributed by atoms with Gasteiger partial charge in [0, 0.05) is 13.0 Å². The van der Waals surface area contributed by atoms with Gasteiger partial charge in [-0.05, 0) is 12.0 Å². The number of aliphatic carboxylic acids is 1. The minimum absolute atomic E-state index is 0.149. The average Bonchev–Trinajstić information content (AvgIpc) is 2.57. The maximum absolute atomic E-state index is 12.1. The standard InChI is InChI=1S/C15H20N2O8S/c16-12(14(19)20)6-7-13(18)17(8-9-26(22,23)24)15(21)25-10-11-4-2-1-3-5-11/h1-5,12H,6-10,16H2,(H,19,20)(H,22,23,24)/t12-/m0/s1. The molecule has 1 rings (SSSR count). The molecule has 1 aromatic rings. The third-order valence-corrected chi connectivity index (χ3v) is 3.98. The molecular formula is C15H20N2O8S. The lowest BCUT2D eigenvalue weighted by atomic mass is 10.1. The van der Waals surface area contributed by atoms with Gasteiger partial charge in [-0.15, -0.1) is 0 Å². The largest absolute Gasteiger partial charge is 0.480 e. The highest BCUT2D eigenvalue weighted by Crippen LogP contribution is 2.07. The monoisotopic (exact) mass is 388 g/mol.